The van der Waals surface area contributed by atoms with Gasteiger partial charge in [0.15, 0.2) is 0 Å². The molecule has 1 unspecified atom stereocenters. The normalized spacial score (nSPS) is 18.0. The summed E-state index contributed by atoms with van der Waals surface area (Å²) in [5, 5.41) is 2.53. The molecule has 0 aliphatic carbocycles. The van der Waals surface area contributed by atoms with Gasteiger partial charge in [0.2, 0.25) is 0 Å². The number of anilines is 1. The van der Waals surface area contributed by atoms with E-state index in [2.05, 4.69) is 19.8 Å². The van der Waals surface area contributed by atoms with E-state index in [1.165, 1.54) is 6.33 Å². The molecule has 4 aromatic rings. The maximum atomic E-state index is 11.9. The van der Waals surface area contributed by atoms with E-state index in [1.807, 2.05) is 42.5 Å². The largest absolute Gasteiger partial charge is 0.460 e. The van der Waals surface area contributed by atoms with Crippen molar-refractivity contribution in [1.29, 1.82) is 0 Å². The Kier molecular flexibility index (Phi) is 5.31. The Morgan fingerprint density at radius 3 is 2.90 bits per heavy atom. The highest BCUT2D eigenvalue weighted by molar-refractivity contribution is 6.31. The van der Waals surface area contributed by atoms with Crippen LogP contribution in [0.3, 0.4) is 0 Å². The predicted octanol–water partition coefficient (Wildman–Crippen LogP) is 3.50. The first-order valence-electron chi connectivity index (χ1n) is 10.2. The van der Waals surface area contributed by atoms with Crippen molar-refractivity contribution in [3.05, 3.63) is 65.1 Å². The monoisotopic (exact) mass is 435 g/mol. The van der Waals surface area contributed by atoms with Crippen molar-refractivity contribution in [2.45, 2.75) is 19.1 Å². The third-order valence-electron chi connectivity index (χ3n) is 5.80. The Morgan fingerprint density at radius 2 is 2.03 bits per heavy atom. The fourth-order valence-corrected chi connectivity index (χ4v) is 4.38. The van der Waals surface area contributed by atoms with Crippen LogP contribution in [0.5, 0.6) is 0 Å². The molecular weight excluding hydrogens is 414 g/mol. The first kappa shape index (κ1) is 19.9. The minimum Gasteiger partial charge on any atom is -0.460 e. The van der Waals surface area contributed by atoms with Gasteiger partial charge in [-0.1, -0.05) is 17.7 Å². The number of nitrogens with two attached hydrogens (primary N) is 1. The molecule has 0 amide bonds. The number of hydrogen-bond donors (Lipinski definition) is 1. The number of rotatable bonds is 5. The lowest BCUT2D eigenvalue weighted by Gasteiger charge is -2.38. The van der Waals surface area contributed by atoms with Gasteiger partial charge in [0.05, 0.1) is 18.1 Å². The summed E-state index contributed by atoms with van der Waals surface area (Å²) >= 11 is 6.07. The molecule has 1 aliphatic heterocycles. The molecule has 7 nitrogen and oxygen atoms in total. The molecule has 0 radical (unpaired) electrons. The van der Waals surface area contributed by atoms with Crippen LogP contribution < -0.4 is 5.73 Å². The van der Waals surface area contributed by atoms with Crippen molar-refractivity contribution in [2.75, 3.05) is 25.4 Å². The number of nitrogens with zero attached hydrogens (tertiary/aromatic N) is 4. The molecule has 2 N–H and O–H groups in total. The number of nitrogen functional groups attached to an aromatic ring is 1. The molecule has 0 spiro atoms. The highest BCUT2D eigenvalue weighted by Gasteiger charge is 2.27. The van der Waals surface area contributed by atoms with Gasteiger partial charge in [-0.05, 0) is 42.0 Å². The van der Waals surface area contributed by atoms with Gasteiger partial charge in [0.1, 0.15) is 29.8 Å². The van der Waals surface area contributed by atoms with Crippen molar-refractivity contribution >= 4 is 45.6 Å². The molecule has 5 rings (SSSR count). The molecule has 31 heavy (non-hydrogen) atoms. The van der Waals surface area contributed by atoms with Gasteiger partial charge in [-0.2, -0.15) is 0 Å². The molecule has 1 aliphatic rings. The number of furan rings is 1. The highest BCUT2D eigenvalue weighted by atomic mass is 35.5. The van der Waals surface area contributed by atoms with Gasteiger partial charge in [0, 0.05) is 42.0 Å². The Hall–Kier alpha value is -3.00. The number of aromatic nitrogens is 2. The molecule has 1 atom stereocenters. The lowest BCUT2D eigenvalue weighted by Crippen LogP contribution is -2.52. The molecular formula is C23H22ClN5O2. The molecule has 158 valence electrons. The summed E-state index contributed by atoms with van der Waals surface area (Å²) in [7, 11) is 0. The van der Waals surface area contributed by atoms with Crippen LogP contribution >= 0.6 is 11.6 Å². The van der Waals surface area contributed by atoms with Crippen LogP contribution in [0.4, 0.5) is 5.82 Å². The number of aldehydes is 1. The smallest absolute Gasteiger partial charge is 0.138 e. The minimum atomic E-state index is -0.182. The second kappa shape index (κ2) is 8.26. The number of carbonyl (C=O) groups excluding carboxylic acids is 1. The van der Waals surface area contributed by atoms with E-state index in [9.17, 15) is 4.79 Å². The highest BCUT2D eigenvalue weighted by Crippen LogP contribution is 2.25. The molecule has 1 fully saturated rings. The van der Waals surface area contributed by atoms with Gasteiger partial charge in [-0.25, -0.2) is 9.97 Å². The number of piperazine rings is 1. The van der Waals surface area contributed by atoms with Gasteiger partial charge in [-0.3, -0.25) is 9.80 Å². The molecule has 2 aromatic heterocycles. The third-order valence-corrected chi connectivity index (χ3v) is 6.04. The first-order valence-corrected chi connectivity index (χ1v) is 10.6. The Labute approximate surface area is 184 Å². The average molecular weight is 436 g/mol. The summed E-state index contributed by atoms with van der Waals surface area (Å²) in [6.45, 7) is 3.64. The molecule has 2 aromatic carbocycles. The summed E-state index contributed by atoms with van der Waals surface area (Å²) in [6.07, 6.45) is 2.51. The van der Waals surface area contributed by atoms with E-state index in [1.54, 1.807) is 0 Å². The lowest BCUT2D eigenvalue weighted by molar-refractivity contribution is -0.115. The van der Waals surface area contributed by atoms with Crippen LogP contribution in [-0.4, -0.2) is 51.7 Å². The van der Waals surface area contributed by atoms with Crippen molar-refractivity contribution in [1.82, 2.24) is 19.8 Å². The number of benzene rings is 2. The van der Waals surface area contributed by atoms with Gasteiger partial charge >= 0.3 is 0 Å². The van der Waals surface area contributed by atoms with Crippen molar-refractivity contribution in [3.8, 4) is 0 Å². The maximum absolute atomic E-state index is 11.9. The summed E-state index contributed by atoms with van der Waals surface area (Å²) in [4.78, 5) is 24.6. The Bertz CT molecular complexity index is 1260. The van der Waals surface area contributed by atoms with Gasteiger partial charge in [0.25, 0.3) is 0 Å². The SMILES string of the molecule is Nc1ncnc2cc(CN3CCN(Cc4cc5cc(Cl)ccc5o4)CC3C=O)ccc12. The van der Waals surface area contributed by atoms with E-state index in [0.717, 1.165) is 52.6 Å². The zero-order valence-corrected chi connectivity index (χ0v) is 17.6. The maximum Gasteiger partial charge on any atom is 0.138 e. The van der Waals surface area contributed by atoms with Crippen LogP contribution in [0.15, 0.2) is 53.2 Å². The van der Waals surface area contributed by atoms with E-state index >= 15 is 0 Å². The molecule has 0 saturated carbocycles. The van der Waals surface area contributed by atoms with E-state index in [-0.39, 0.29) is 6.04 Å². The molecule has 3 heterocycles. The lowest BCUT2D eigenvalue weighted by atomic mass is 10.1. The second-order valence-electron chi connectivity index (χ2n) is 7.91. The Balaban J connectivity index is 1.27. The number of hydrogen-bond acceptors (Lipinski definition) is 7. The van der Waals surface area contributed by atoms with Crippen LogP contribution in [0.25, 0.3) is 21.9 Å². The summed E-state index contributed by atoms with van der Waals surface area (Å²) < 4.78 is 5.94. The van der Waals surface area contributed by atoms with E-state index in [0.29, 0.717) is 30.5 Å². The van der Waals surface area contributed by atoms with Crippen molar-refractivity contribution in [2.24, 2.45) is 0 Å². The van der Waals surface area contributed by atoms with Crippen LogP contribution in [0, 0.1) is 0 Å². The number of fused-ring (bicyclic) bond motifs is 2. The number of halogens is 1. The van der Waals surface area contributed by atoms with Gasteiger partial charge in [-0.15, -0.1) is 0 Å². The minimum absolute atomic E-state index is 0.182. The summed E-state index contributed by atoms with van der Waals surface area (Å²) in [5.74, 6) is 1.35. The molecule has 8 heteroatoms. The molecule has 1 saturated heterocycles. The third kappa shape index (κ3) is 4.12. The Morgan fingerprint density at radius 1 is 1.13 bits per heavy atom. The second-order valence-corrected chi connectivity index (χ2v) is 8.35. The van der Waals surface area contributed by atoms with Crippen LogP contribution in [-0.2, 0) is 17.9 Å². The summed E-state index contributed by atoms with van der Waals surface area (Å²) in [6, 6.07) is 13.4. The zero-order valence-electron chi connectivity index (χ0n) is 16.9. The fourth-order valence-electron chi connectivity index (χ4n) is 4.20. The average Bonchev–Trinajstić information content (AvgIpc) is 3.16. The van der Waals surface area contributed by atoms with E-state index in [4.69, 9.17) is 21.8 Å². The van der Waals surface area contributed by atoms with Gasteiger partial charge < -0.3 is 14.9 Å². The topological polar surface area (TPSA) is 88.5 Å². The number of carbonyl (C=O) groups is 1. The van der Waals surface area contributed by atoms with Crippen LogP contribution in [0.1, 0.15) is 11.3 Å². The molecule has 0 bridgehead atoms. The first-order chi connectivity index (χ1) is 15.1. The standard InChI is InChI=1S/C23H22ClN5O2/c24-17-2-4-22-16(8-17)9-19(31-22)12-28-5-6-29(18(11-28)13-30)10-15-1-3-20-21(7-15)26-14-27-23(20)25/h1-4,7-9,13-14,18H,5-6,10-12H2,(H2,25,26,27). The van der Waals surface area contributed by atoms with Crippen molar-refractivity contribution < 1.29 is 9.21 Å². The zero-order chi connectivity index (χ0) is 21.4. The van der Waals surface area contributed by atoms with Crippen LogP contribution in [0.2, 0.25) is 5.02 Å². The van der Waals surface area contributed by atoms with E-state index < -0.39 is 0 Å². The predicted molar refractivity (Wildman–Crippen MR) is 121 cm³/mol. The fraction of sp³-hybridized carbons (Fsp3) is 0.261. The quantitative estimate of drug-likeness (QED) is 0.480. The van der Waals surface area contributed by atoms with Crippen molar-refractivity contribution in [3.63, 3.8) is 0 Å². The summed E-state index contributed by atoms with van der Waals surface area (Å²) in [5.41, 5.74) is 8.66.